The number of likely N-dealkylation sites (tertiary alicyclic amines) is 1. The molecule has 1 atom stereocenters. The smallest absolute Gasteiger partial charge is 0.318 e. The van der Waals surface area contributed by atoms with Crippen molar-refractivity contribution < 1.29 is 18.0 Å². The van der Waals surface area contributed by atoms with E-state index in [1.807, 2.05) is 4.90 Å². The standard InChI is InChI=1S/C28H29F2N3O2/c29-20-4-5-21(22(30)12-20)19-3-6-25-23(11-19)31-26(35-25)24-2-1-7-33(24)27(34)32-28-13-16-8-17(14-28)10-18(9-16)15-28/h3-6,11-12,16-18,24H,1-2,7-10,13-15H2,(H,32,34). The fourth-order valence-electron chi connectivity index (χ4n) is 7.81. The molecule has 0 radical (unpaired) electrons. The van der Waals surface area contributed by atoms with Crippen LogP contribution in [0.25, 0.3) is 22.2 Å². The van der Waals surface area contributed by atoms with Crippen LogP contribution in [-0.4, -0.2) is 28.0 Å². The summed E-state index contributed by atoms with van der Waals surface area (Å²) in [6.07, 6.45) is 9.10. The maximum absolute atomic E-state index is 14.3. The van der Waals surface area contributed by atoms with Gasteiger partial charge in [-0.2, -0.15) is 0 Å². The zero-order valence-corrected chi connectivity index (χ0v) is 19.6. The number of nitrogens with zero attached hydrogens (tertiary/aromatic N) is 2. The lowest BCUT2D eigenvalue weighted by Crippen LogP contribution is -2.61. The summed E-state index contributed by atoms with van der Waals surface area (Å²) in [6, 6.07) is 8.63. The molecule has 5 aliphatic rings. The topological polar surface area (TPSA) is 58.4 Å². The monoisotopic (exact) mass is 477 g/mol. The normalized spacial score (nSPS) is 31.4. The number of rotatable bonds is 3. The van der Waals surface area contributed by atoms with E-state index in [9.17, 15) is 13.6 Å². The van der Waals surface area contributed by atoms with Gasteiger partial charge in [0.15, 0.2) is 5.58 Å². The lowest BCUT2D eigenvalue weighted by molar-refractivity contribution is -0.0160. The molecule has 182 valence electrons. The Morgan fingerprint density at radius 3 is 2.49 bits per heavy atom. The van der Waals surface area contributed by atoms with Gasteiger partial charge in [-0.3, -0.25) is 0 Å². The van der Waals surface area contributed by atoms with E-state index < -0.39 is 11.6 Å². The zero-order valence-electron chi connectivity index (χ0n) is 19.6. The molecule has 1 N–H and O–H groups in total. The lowest BCUT2D eigenvalue weighted by atomic mass is 9.53. The first-order valence-electron chi connectivity index (χ1n) is 12.9. The van der Waals surface area contributed by atoms with Crippen LogP contribution in [-0.2, 0) is 0 Å². The minimum Gasteiger partial charge on any atom is -0.438 e. The molecule has 5 fully saturated rings. The van der Waals surface area contributed by atoms with Gasteiger partial charge in [0.1, 0.15) is 23.2 Å². The average Bonchev–Trinajstić information content (AvgIpc) is 3.44. The number of benzene rings is 2. The predicted molar refractivity (Wildman–Crippen MR) is 127 cm³/mol. The van der Waals surface area contributed by atoms with Gasteiger partial charge in [0.2, 0.25) is 5.89 Å². The van der Waals surface area contributed by atoms with Gasteiger partial charge < -0.3 is 14.6 Å². The van der Waals surface area contributed by atoms with Gasteiger partial charge in [0, 0.05) is 23.7 Å². The fraction of sp³-hybridized carbons (Fsp3) is 0.500. The number of amides is 2. The van der Waals surface area contributed by atoms with Crippen molar-refractivity contribution in [3.05, 3.63) is 53.9 Å². The molecule has 4 saturated carbocycles. The maximum Gasteiger partial charge on any atom is 0.318 e. The molecule has 2 amide bonds. The van der Waals surface area contributed by atoms with Crippen LogP contribution in [0.1, 0.15) is 63.3 Å². The Morgan fingerprint density at radius 1 is 1.03 bits per heavy atom. The molecule has 2 heterocycles. The summed E-state index contributed by atoms with van der Waals surface area (Å²) in [5.74, 6) is 1.62. The van der Waals surface area contributed by atoms with E-state index in [2.05, 4.69) is 5.32 Å². The summed E-state index contributed by atoms with van der Waals surface area (Å²) in [4.78, 5) is 20.1. The molecule has 1 saturated heterocycles. The Balaban J connectivity index is 1.13. The second-order valence-electron chi connectivity index (χ2n) is 11.3. The van der Waals surface area contributed by atoms with Crippen molar-refractivity contribution in [1.82, 2.24) is 15.2 Å². The van der Waals surface area contributed by atoms with Gasteiger partial charge in [-0.25, -0.2) is 18.6 Å². The first-order chi connectivity index (χ1) is 16.9. The molecule has 1 aromatic heterocycles. The van der Waals surface area contributed by atoms with E-state index in [4.69, 9.17) is 9.40 Å². The third-order valence-corrected chi connectivity index (χ3v) is 8.86. The second kappa shape index (κ2) is 7.77. The maximum atomic E-state index is 14.3. The third kappa shape index (κ3) is 3.62. The lowest BCUT2D eigenvalue weighted by Gasteiger charge is -2.57. The summed E-state index contributed by atoms with van der Waals surface area (Å²) in [5, 5.41) is 3.49. The Labute approximate surface area is 202 Å². The molecule has 5 nitrogen and oxygen atoms in total. The van der Waals surface area contributed by atoms with Crippen LogP contribution in [0.2, 0.25) is 0 Å². The van der Waals surface area contributed by atoms with Gasteiger partial charge in [0.25, 0.3) is 0 Å². The Morgan fingerprint density at radius 2 is 1.77 bits per heavy atom. The van der Waals surface area contributed by atoms with Crippen molar-refractivity contribution in [2.45, 2.75) is 62.9 Å². The Bertz CT molecular complexity index is 1280. The van der Waals surface area contributed by atoms with Crippen molar-refractivity contribution in [1.29, 1.82) is 0 Å². The number of aromatic nitrogens is 1. The number of halogens is 2. The number of carbonyl (C=O) groups is 1. The third-order valence-electron chi connectivity index (χ3n) is 8.86. The number of hydrogen-bond acceptors (Lipinski definition) is 3. The number of oxazole rings is 1. The highest BCUT2D eigenvalue weighted by Crippen LogP contribution is 2.55. The quantitative estimate of drug-likeness (QED) is 0.463. The number of carbonyl (C=O) groups excluding carboxylic acids is 1. The average molecular weight is 478 g/mol. The first kappa shape index (κ1) is 21.3. The van der Waals surface area contributed by atoms with E-state index >= 15 is 0 Å². The highest BCUT2D eigenvalue weighted by atomic mass is 19.1. The molecule has 4 aliphatic carbocycles. The first-order valence-corrected chi connectivity index (χ1v) is 12.9. The molecule has 8 rings (SSSR count). The Hall–Kier alpha value is -2.96. The molecule has 35 heavy (non-hydrogen) atoms. The minimum atomic E-state index is -0.614. The summed E-state index contributed by atoms with van der Waals surface area (Å²) < 4.78 is 33.7. The molecular formula is C28H29F2N3O2. The number of hydrogen-bond donors (Lipinski definition) is 1. The number of fused-ring (bicyclic) bond motifs is 1. The minimum absolute atomic E-state index is 0.00535. The highest BCUT2D eigenvalue weighted by molar-refractivity contribution is 5.81. The van der Waals surface area contributed by atoms with E-state index in [0.29, 0.717) is 34.7 Å². The largest absolute Gasteiger partial charge is 0.438 e. The van der Waals surface area contributed by atoms with Crippen LogP contribution in [0.5, 0.6) is 0 Å². The van der Waals surface area contributed by atoms with Crippen LogP contribution in [0.15, 0.2) is 40.8 Å². The van der Waals surface area contributed by atoms with Crippen molar-refractivity contribution in [3.8, 4) is 11.1 Å². The van der Waals surface area contributed by atoms with Crippen molar-refractivity contribution in [2.75, 3.05) is 6.54 Å². The molecular weight excluding hydrogens is 448 g/mol. The number of urea groups is 1. The fourth-order valence-corrected chi connectivity index (χ4v) is 7.81. The Kier molecular flexibility index (Phi) is 4.74. The van der Waals surface area contributed by atoms with E-state index in [1.54, 1.807) is 18.2 Å². The van der Waals surface area contributed by atoms with E-state index in [-0.39, 0.29) is 17.6 Å². The summed E-state index contributed by atoms with van der Waals surface area (Å²) in [7, 11) is 0. The molecule has 1 aliphatic heterocycles. The van der Waals surface area contributed by atoms with Crippen molar-refractivity contribution >= 4 is 17.1 Å². The molecule has 0 spiro atoms. The molecule has 7 heteroatoms. The van der Waals surface area contributed by atoms with Crippen LogP contribution in [0.3, 0.4) is 0 Å². The highest BCUT2D eigenvalue weighted by Gasteiger charge is 2.52. The van der Waals surface area contributed by atoms with Crippen LogP contribution < -0.4 is 5.32 Å². The van der Waals surface area contributed by atoms with Gasteiger partial charge in [-0.15, -0.1) is 0 Å². The molecule has 1 unspecified atom stereocenters. The van der Waals surface area contributed by atoms with Crippen molar-refractivity contribution in [2.24, 2.45) is 17.8 Å². The van der Waals surface area contributed by atoms with E-state index in [0.717, 1.165) is 55.9 Å². The molecule has 2 aromatic carbocycles. The number of nitrogens with one attached hydrogen (secondary N) is 1. The summed E-state index contributed by atoms with van der Waals surface area (Å²) in [6.45, 7) is 0.688. The predicted octanol–water partition coefficient (Wildman–Crippen LogP) is 6.59. The van der Waals surface area contributed by atoms with E-state index in [1.165, 1.54) is 31.4 Å². The zero-order chi connectivity index (χ0) is 23.7. The van der Waals surface area contributed by atoms with Crippen LogP contribution in [0.4, 0.5) is 13.6 Å². The van der Waals surface area contributed by atoms with Gasteiger partial charge in [-0.05, 0) is 98.9 Å². The van der Waals surface area contributed by atoms with Gasteiger partial charge >= 0.3 is 6.03 Å². The summed E-state index contributed by atoms with van der Waals surface area (Å²) in [5.41, 5.74) is 2.09. The SMILES string of the molecule is O=C(NC12CC3CC(CC(C3)C1)C2)N1CCCC1c1nc2cc(-c3ccc(F)cc3F)ccc2o1. The van der Waals surface area contributed by atoms with Crippen molar-refractivity contribution in [3.63, 3.8) is 0 Å². The van der Waals surface area contributed by atoms with Crippen LogP contribution >= 0.6 is 0 Å². The molecule has 4 bridgehead atoms. The van der Waals surface area contributed by atoms with Gasteiger partial charge in [0.05, 0.1) is 0 Å². The second-order valence-corrected chi connectivity index (χ2v) is 11.3. The molecule has 3 aromatic rings. The summed E-state index contributed by atoms with van der Waals surface area (Å²) >= 11 is 0. The van der Waals surface area contributed by atoms with Gasteiger partial charge in [-0.1, -0.05) is 6.07 Å². The van der Waals surface area contributed by atoms with Crippen LogP contribution in [0, 0.1) is 29.4 Å².